The smallest absolute Gasteiger partial charge is 0.398 e. The van der Waals surface area contributed by atoms with E-state index in [2.05, 4.69) is 0 Å². The van der Waals surface area contributed by atoms with Crippen molar-refractivity contribution in [2.45, 2.75) is 39.3 Å². The van der Waals surface area contributed by atoms with E-state index in [9.17, 15) is 59.7 Å². The molecule has 0 heterocycles. The second kappa shape index (κ2) is 12.7. The van der Waals surface area contributed by atoms with Crippen LogP contribution in [0.2, 0.25) is 0 Å². The van der Waals surface area contributed by atoms with Gasteiger partial charge in [0.05, 0.1) is 26.5 Å². The number of aryl methyl sites for hydroxylation is 1. The van der Waals surface area contributed by atoms with Crippen LogP contribution in [0.3, 0.4) is 0 Å². The van der Waals surface area contributed by atoms with Crippen LogP contribution in [0, 0.1) is 41.0 Å². The lowest BCUT2D eigenvalue weighted by atomic mass is 10.1. The summed E-state index contributed by atoms with van der Waals surface area (Å²) in [6.07, 6.45) is -13.5. The summed E-state index contributed by atoms with van der Waals surface area (Å²) in [7, 11) is 0. The molecule has 0 atom stereocenters. The summed E-state index contributed by atoms with van der Waals surface area (Å²) in [6.45, 7) is 4.35. The first-order chi connectivity index (χ1) is 18.5. The zero-order valence-electron chi connectivity index (χ0n) is 21.2. The second-order valence-electron chi connectivity index (χ2n) is 8.29. The molecule has 3 aromatic carbocycles. The number of nitrogens with two attached hydrogens (primary N) is 2. The van der Waals surface area contributed by atoms with Gasteiger partial charge in [-0.1, -0.05) is 17.7 Å². The first-order valence-electron chi connectivity index (χ1n) is 10.8. The molecule has 8 nitrogen and oxygen atoms in total. The summed E-state index contributed by atoms with van der Waals surface area (Å²) < 4.78 is 109. The van der Waals surface area contributed by atoms with E-state index in [1.807, 2.05) is 0 Å². The maximum Gasteiger partial charge on any atom is 0.416 e. The van der Waals surface area contributed by atoms with E-state index in [1.165, 1.54) is 12.1 Å². The van der Waals surface area contributed by atoms with Gasteiger partial charge in [0, 0.05) is 23.5 Å². The third kappa shape index (κ3) is 9.84. The van der Waals surface area contributed by atoms with Crippen LogP contribution in [0.15, 0.2) is 48.5 Å². The number of alkyl halides is 9. The second-order valence-corrected chi connectivity index (χ2v) is 8.29. The third-order valence-electron chi connectivity index (χ3n) is 5.27. The number of hydrogen-bond donors (Lipinski definition) is 2. The molecule has 0 unspecified atom stereocenters. The highest BCUT2D eigenvalue weighted by atomic mass is 19.4. The summed E-state index contributed by atoms with van der Waals surface area (Å²) in [6, 6.07) is 7.37. The number of halogens is 9. The van der Waals surface area contributed by atoms with Crippen LogP contribution in [0.25, 0.3) is 0 Å². The molecule has 0 aliphatic heterocycles. The van der Waals surface area contributed by atoms with Crippen LogP contribution in [0.1, 0.15) is 33.4 Å². The van der Waals surface area contributed by atoms with Crippen molar-refractivity contribution >= 4 is 22.7 Å². The standard InChI is InChI=1S/C8H5F3N2O4.C8H9F3N2.C8H7F3/c1-4-6(12(14)15)2-5(8(9,10)11)3-7(4)13(16)17;1-4-6(12)2-5(3-7(4)13)8(9,10)11;1-6-2-4-7(5-3-6)8(9,10)11/h2-3H,1H3;2-3H,12-13H2,1H3;2-5H,1H3. The fourth-order valence-corrected chi connectivity index (χ4v) is 2.89. The quantitative estimate of drug-likeness (QED) is 0.132. The predicted molar refractivity (Wildman–Crippen MR) is 131 cm³/mol. The monoisotopic (exact) mass is 600 g/mol. The van der Waals surface area contributed by atoms with Gasteiger partial charge in [0.25, 0.3) is 11.4 Å². The lowest BCUT2D eigenvalue weighted by molar-refractivity contribution is -0.395. The summed E-state index contributed by atoms with van der Waals surface area (Å²) in [5.74, 6) is 0. The molecule has 3 aromatic rings. The number of nitro benzene ring substituents is 2. The van der Waals surface area contributed by atoms with Gasteiger partial charge in [-0.25, -0.2) is 0 Å². The van der Waals surface area contributed by atoms with Crippen LogP contribution in [0.5, 0.6) is 0 Å². The van der Waals surface area contributed by atoms with E-state index in [-0.39, 0.29) is 23.5 Å². The van der Waals surface area contributed by atoms with E-state index < -0.39 is 62.0 Å². The van der Waals surface area contributed by atoms with E-state index >= 15 is 0 Å². The van der Waals surface area contributed by atoms with Crippen LogP contribution in [-0.4, -0.2) is 9.85 Å². The Labute approximate surface area is 225 Å². The van der Waals surface area contributed by atoms with Crippen molar-refractivity contribution in [1.29, 1.82) is 0 Å². The highest BCUT2D eigenvalue weighted by Crippen LogP contribution is 2.37. The Morgan fingerprint density at radius 3 is 1.17 bits per heavy atom. The summed E-state index contributed by atoms with van der Waals surface area (Å²) in [5, 5.41) is 21.0. The van der Waals surface area contributed by atoms with Crippen molar-refractivity contribution in [1.82, 2.24) is 0 Å². The van der Waals surface area contributed by atoms with E-state index in [4.69, 9.17) is 11.5 Å². The van der Waals surface area contributed by atoms with E-state index in [0.29, 0.717) is 5.56 Å². The van der Waals surface area contributed by atoms with Gasteiger partial charge in [0.1, 0.15) is 5.56 Å². The van der Waals surface area contributed by atoms with Gasteiger partial charge in [0.2, 0.25) is 0 Å². The van der Waals surface area contributed by atoms with Crippen LogP contribution < -0.4 is 11.5 Å². The van der Waals surface area contributed by atoms with Gasteiger partial charge >= 0.3 is 18.5 Å². The molecular formula is C24H21F9N4O4. The molecule has 41 heavy (non-hydrogen) atoms. The number of hydrogen-bond acceptors (Lipinski definition) is 6. The summed E-state index contributed by atoms with van der Waals surface area (Å²) >= 11 is 0. The third-order valence-corrected chi connectivity index (χ3v) is 5.27. The molecule has 0 spiro atoms. The van der Waals surface area contributed by atoms with Crippen molar-refractivity contribution in [2.75, 3.05) is 11.5 Å². The number of benzene rings is 3. The molecule has 224 valence electrons. The molecule has 0 amide bonds. The first kappa shape index (κ1) is 34.5. The van der Waals surface area contributed by atoms with Gasteiger partial charge < -0.3 is 11.5 Å². The van der Waals surface area contributed by atoms with Crippen LogP contribution in [0.4, 0.5) is 62.3 Å². The Morgan fingerprint density at radius 1 is 0.561 bits per heavy atom. The van der Waals surface area contributed by atoms with Crippen LogP contribution >= 0.6 is 0 Å². The summed E-state index contributed by atoms with van der Waals surface area (Å²) in [5.41, 5.74) is 7.03. The summed E-state index contributed by atoms with van der Waals surface area (Å²) in [4.78, 5) is 18.8. The Hall–Kier alpha value is -4.57. The minimum atomic E-state index is -4.87. The maximum absolute atomic E-state index is 12.4. The van der Waals surface area contributed by atoms with Gasteiger partial charge in [-0.05, 0) is 50.6 Å². The van der Waals surface area contributed by atoms with E-state index in [1.54, 1.807) is 13.8 Å². The number of nitro groups is 2. The topological polar surface area (TPSA) is 138 Å². The molecule has 3 rings (SSSR count). The van der Waals surface area contributed by atoms with Crippen molar-refractivity contribution in [3.63, 3.8) is 0 Å². The van der Waals surface area contributed by atoms with Crippen molar-refractivity contribution < 1.29 is 49.4 Å². The molecule has 0 aliphatic carbocycles. The van der Waals surface area contributed by atoms with Crippen molar-refractivity contribution in [3.05, 3.63) is 102 Å². The van der Waals surface area contributed by atoms with Gasteiger partial charge in [-0.3, -0.25) is 20.2 Å². The molecule has 0 fully saturated rings. The first-order valence-corrected chi connectivity index (χ1v) is 10.8. The highest BCUT2D eigenvalue weighted by Gasteiger charge is 2.36. The Balaban J connectivity index is 0.000000316. The zero-order valence-corrected chi connectivity index (χ0v) is 21.2. The molecule has 0 saturated carbocycles. The largest absolute Gasteiger partial charge is 0.416 e. The minimum absolute atomic E-state index is 0.0623. The zero-order chi connectivity index (χ0) is 32.1. The molecular weight excluding hydrogens is 579 g/mol. The number of nitrogen functional groups attached to an aromatic ring is 2. The molecule has 0 saturated heterocycles. The maximum atomic E-state index is 12.4. The SMILES string of the molecule is Cc1c(N)cc(C(F)(F)F)cc1N.Cc1c([N+](=O)[O-])cc(C(F)(F)F)cc1[N+](=O)[O-].Cc1ccc(C(F)(F)F)cc1. The minimum Gasteiger partial charge on any atom is -0.398 e. The van der Waals surface area contributed by atoms with Gasteiger partial charge in [-0.15, -0.1) is 0 Å². The lowest BCUT2D eigenvalue weighted by Crippen LogP contribution is -2.08. The molecule has 17 heteroatoms. The predicted octanol–water partition coefficient (Wildman–Crippen LogP) is 8.02. The van der Waals surface area contributed by atoms with Crippen molar-refractivity contribution in [3.8, 4) is 0 Å². The molecule has 4 N–H and O–H groups in total. The normalized spacial score (nSPS) is 11.5. The Bertz CT molecular complexity index is 1340. The van der Waals surface area contributed by atoms with Crippen LogP contribution in [-0.2, 0) is 18.5 Å². The number of anilines is 2. The molecule has 0 aliphatic rings. The average Bonchev–Trinajstić information content (AvgIpc) is 2.81. The fourth-order valence-electron chi connectivity index (χ4n) is 2.89. The van der Waals surface area contributed by atoms with Gasteiger partial charge in [-0.2, -0.15) is 39.5 Å². The lowest BCUT2D eigenvalue weighted by Gasteiger charge is -2.10. The Morgan fingerprint density at radius 2 is 0.878 bits per heavy atom. The number of nitrogens with zero attached hydrogens (tertiary/aromatic N) is 2. The van der Waals surface area contributed by atoms with E-state index in [0.717, 1.165) is 36.8 Å². The molecule has 0 aromatic heterocycles. The fraction of sp³-hybridized carbons (Fsp3) is 0.250. The highest BCUT2D eigenvalue weighted by molar-refractivity contribution is 5.63. The van der Waals surface area contributed by atoms with Gasteiger partial charge in [0.15, 0.2) is 0 Å². The molecule has 0 bridgehead atoms. The molecule has 0 radical (unpaired) electrons. The average molecular weight is 600 g/mol. The number of rotatable bonds is 2. The Kier molecular flexibility index (Phi) is 10.7. The van der Waals surface area contributed by atoms with Crippen molar-refractivity contribution in [2.24, 2.45) is 0 Å².